The molecule has 1 aromatic heterocycles. The number of anilines is 1. The van der Waals surface area contributed by atoms with E-state index in [4.69, 9.17) is 23.2 Å². The van der Waals surface area contributed by atoms with Crippen molar-refractivity contribution in [2.24, 2.45) is 0 Å². The van der Waals surface area contributed by atoms with Gasteiger partial charge in [0.15, 0.2) is 0 Å². The molecule has 0 saturated heterocycles. The molecule has 0 bridgehead atoms. The van der Waals surface area contributed by atoms with Crippen LogP contribution in [0.2, 0.25) is 10.2 Å². The predicted molar refractivity (Wildman–Crippen MR) is 74.7 cm³/mol. The van der Waals surface area contributed by atoms with Gasteiger partial charge < -0.3 is 5.32 Å². The molecule has 0 radical (unpaired) electrons. The van der Waals surface area contributed by atoms with E-state index in [1.54, 1.807) is 24.3 Å². The highest BCUT2D eigenvalue weighted by Crippen LogP contribution is 2.21. The van der Waals surface area contributed by atoms with Gasteiger partial charge in [0, 0.05) is 18.7 Å². The second-order valence-electron chi connectivity index (χ2n) is 3.75. The topological polar surface area (TPSA) is 68.1 Å². The van der Waals surface area contributed by atoms with Crippen LogP contribution < -0.4 is 5.32 Å². The summed E-state index contributed by atoms with van der Waals surface area (Å²) in [5.41, 5.74) is 0.967. The second-order valence-corrected chi connectivity index (χ2v) is 4.51. The Labute approximate surface area is 119 Å². The molecule has 0 amide bonds. The third-order valence-electron chi connectivity index (χ3n) is 2.42. The molecule has 2 rings (SSSR count). The first-order chi connectivity index (χ1) is 9.06. The summed E-state index contributed by atoms with van der Waals surface area (Å²) < 4.78 is 0. The lowest BCUT2D eigenvalue weighted by Gasteiger charge is -2.06. The minimum atomic E-state index is -0.433. The molecule has 98 valence electrons. The first kappa shape index (κ1) is 13.6. The summed E-state index contributed by atoms with van der Waals surface area (Å²) in [6.45, 7) is 0.489. The molecule has 0 unspecified atom stereocenters. The molecule has 1 heterocycles. The molecule has 2 aromatic rings. The van der Waals surface area contributed by atoms with Gasteiger partial charge in [-0.3, -0.25) is 10.1 Å². The molecule has 5 nitrogen and oxygen atoms in total. The molecule has 0 aliphatic carbocycles. The normalized spacial score (nSPS) is 10.2. The van der Waals surface area contributed by atoms with Crippen LogP contribution in [0.25, 0.3) is 0 Å². The highest BCUT2D eigenvalue weighted by Gasteiger charge is 2.04. The van der Waals surface area contributed by atoms with Crippen molar-refractivity contribution in [1.29, 1.82) is 0 Å². The number of halogens is 2. The maximum atomic E-state index is 10.5. The standard InChI is InChI=1S/C12H9Cl2N3O2/c13-10-5-6-11(16-12(10)14)15-7-8-1-3-9(4-2-8)17(18)19/h1-6H,7H2,(H,15,16). The summed E-state index contributed by atoms with van der Waals surface area (Å²) in [5.74, 6) is 0.591. The quantitative estimate of drug-likeness (QED) is 0.528. The van der Waals surface area contributed by atoms with Crippen molar-refractivity contribution in [3.63, 3.8) is 0 Å². The van der Waals surface area contributed by atoms with E-state index >= 15 is 0 Å². The number of nitro groups is 1. The Morgan fingerprint density at radius 2 is 1.84 bits per heavy atom. The number of nitrogens with zero attached hydrogens (tertiary/aromatic N) is 2. The Bertz CT molecular complexity index is 602. The average Bonchev–Trinajstić information content (AvgIpc) is 2.40. The second kappa shape index (κ2) is 5.86. The van der Waals surface area contributed by atoms with E-state index < -0.39 is 4.92 Å². The number of nitro benzene ring substituents is 1. The van der Waals surface area contributed by atoms with Crippen LogP contribution in [0.5, 0.6) is 0 Å². The molecular weight excluding hydrogens is 289 g/mol. The molecule has 0 aliphatic rings. The van der Waals surface area contributed by atoms with Gasteiger partial charge in [-0.05, 0) is 17.7 Å². The van der Waals surface area contributed by atoms with Gasteiger partial charge in [0.2, 0.25) is 0 Å². The zero-order valence-corrected chi connectivity index (χ0v) is 11.1. The van der Waals surface area contributed by atoms with Crippen LogP contribution in [0.1, 0.15) is 5.56 Å². The number of non-ortho nitro benzene ring substituents is 1. The summed E-state index contributed by atoms with van der Waals surface area (Å²) >= 11 is 11.6. The van der Waals surface area contributed by atoms with Gasteiger partial charge in [0.25, 0.3) is 5.69 Å². The minimum Gasteiger partial charge on any atom is -0.366 e. The molecule has 0 aliphatic heterocycles. The first-order valence-electron chi connectivity index (χ1n) is 5.35. The van der Waals surface area contributed by atoms with Crippen LogP contribution in [0.4, 0.5) is 11.5 Å². The van der Waals surface area contributed by atoms with E-state index in [1.165, 1.54) is 12.1 Å². The fourth-order valence-corrected chi connectivity index (χ4v) is 1.70. The van der Waals surface area contributed by atoms with Gasteiger partial charge in [-0.25, -0.2) is 4.98 Å². The van der Waals surface area contributed by atoms with E-state index in [1.807, 2.05) is 0 Å². The van der Waals surface area contributed by atoms with Gasteiger partial charge in [0.05, 0.1) is 9.95 Å². The maximum Gasteiger partial charge on any atom is 0.269 e. The molecule has 0 fully saturated rings. The molecule has 1 N–H and O–H groups in total. The average molecular weight is 298 g/mol. The van der Waals surface area contributed by atoms with Crippen molar-refractivity contribution in [3.8, 4) is 0 Å². The van der Waals surface area contributed by atoms with Crippen molar-refractivity contribution in [2.45, 2.75) is 6.54 Å². The van der Waals surface area contributed by atoms with E-state index in [0.717, 1.165) is 5.56 Å². The third-order valence-corrected chi connectivity index (χ3v) is 3.11. The smallest absolute Gasteiger partial charge is 0.269 e. The molecule has 19 heavy (non-hydrogen) atoms. The molecule has 1 aromatic carbocycles. The fourth-order valence-electron chi connectivity index (χ4n) is 1.44. The lowest BCUT2D eigenvalue weighted by Crippen LogP contribution is -2.01. The molecular formula is C12H9Cl2N3O2. The van der Waals surface area contributed by atoms with Crippen LogP contribution in [0, 0.1) is 10.1 Å². The van der Waals surface area contributed by atoms with Gasteiger partial charge in [0.1, 0.15) is 11.0 Å². The van der Waals surface area contributed by atoms with Crippen molar-refractivity contribution < 1.29 is 4.92 Å². The Morgan fingerprint density at radius 1 is 1.16 bits per heavy atom. The number of pyridine rings is 1. The lowest BCUT2D eigenvalue weighted by atomic mass is 10.2. The van der Waals surface area contributed by atoms with Gasteiger partial charge in [-0.2, -0.15) is 0 Å². The lowest BCUT2D eigenvalue weighted by molar-refractivity contribution is -0.384. The van der Waals surface area contributed by atoms with E-state index in [0.29, 0.717) is 17.4 Å². The van der Waals surface area contributed by atoms with Crippen molar-refractivity contribution in [2.75, 3.05) is 5.32 Å². The molecule has 0 spiro atoms. The van der Waals surface area contributed by atoms with Crippen LogP contribution in [0.3, 0.4) is 0 Å². The zero-order chi connectivity index (χ0) is 13.8. The highest BCUT2D eigenvalue weighted by atomic mass is 35.5. The predicted octanol–water partition coefficient (Wildman–Crippen LogP) is 3.91. The SMILES string of the molecule is O=[N+]([O-])c1ccc(CNc2ccc(Cl)c(Cl)n2)cc1. The van der Waals surface area contributed by atoms with Gasteiger partial charge in [-0.15, -0.1) is 0 Å². The Balaban J connectivity index is 2.01. The minimum absolute atomic E-state index is 0.0661. The van der Waals surface area contributed by atoms with Crippen LogP contribution in [-0.4, -0.2) is 9.91 Å². The Kier molecular flexibility index (Phi) is 4.19. The van der Waals surface area contributed by atoms with Crippen LogP contribution in [-0.2, 0) is 6.54 Å². The fraction of sp³-hybridized carbons (Fsp3) is 0.0833. The third kappa shape index (κ3) is 3.56. The first-order valence-corrected chi connectivity index (χ1v) is 6.11. The summed E-state index contributed by atoms with van der Waals surface area (Å²) in [4.78, 5) is 14.1. The van der Waals surface area contributed by atoms with E-state index in [-0.39, 0.29) is 10.8 Å². The Morgan fingerprint density at radius 3 is 2.42 bits per heavy atom. The summed E-state index contributed by atoms with van der Waals surface area (Å²) in [6.07, 6.45) is 0. The maximum absolute atomic E-state index is 10.5. The van der Waals surface area contributed by atoms with Crippen molar-refractivity contribution in [1.82, 2.24) is 4.98 Å². The number of nitrogens with one attached hydrogen (secondary N) is 1. The summed E-state index contributed by atoms with van der Waals surface area (Å²) in [6, 6.07) is 9.64. The number of hydrogen-bond acceptors (Lipinski definition) is 4. The monoisotopic (exact) mass is 297 g/mol. The largest absolute Gasteiger partial charge is 0.366 e. The number of rotatable bonds is 4. The number of benzene rings is 1. The highest BCUT2D eigenvalue weighted by molar-refractivity contribution is 6.41. The number of hydrogen-bond donors (Lipinski definition) is 1. The van der Waals surface area contributed by atoms with E-state index in [2.05, 4.69) is 10.3 Å². The van der Waals surface area contributed by atoms with Crippen molar-refractivity contribution >= 4 is 34.7 Å². The van der Waals surface area contributed by atoms with E-state index in [9.17, 15) is 10.1 Å². The summed E-state index contributed by atoms with van der Waals surface area (Å²) in [5, 5.41) is 14.2. The van der Waals surface area contributed by atoms with Gasteiger partial charge in [-0.1, -0.05) is 35.3 Å². The van der Waals surface area contributed by atoms with Crippen molar-refractivity contribution in [3.05, 3.63) is 62.3 Å². The molecule has 0 atom stereocenters. The summed E-state index contributed by atoms with van der Waals surface area (Å²) in [7, 11) is 0. The molecule has 7 heteroatoms. The van der Waals surface area contributed by atoms with Crippen LogP contribution >= 0.6 is 23.2 Å². The number of aromatic nitrogens is 1. The zero-order valence-electron chi connectivity index (χ0n) is 9.64. The Hall–Kier alpha value is -1.85. The molecule has 0 saturated carbocycles. The van der Waals surface area contributed by atoms with Gasteiger partial charge >= 0.3 is 0 Å². The van der Waals surface area contributed by atoms with Crippen LogP contribution in [0.15, 0.2) is 36.4 Å².